The quantitative estimate of drug-likeness (QED) is 0.584. The topological polar surface area (TPSA) is 38.8 Å². The van der Waals surface area contributed by atoms with Crippen LogP contribution in [0.25, 0.3) is 0 Å². The molecule has 3 heteroatoms. The van der Waals surface area contributed by atoms with Crippen molar-refractivity contribution in [1.82, 2.24) is 0 Å². The molecule has 104 valence electrons. The summed E-state index contributed by atoms with van der Waals surface area (Å²) in [5, 5.41) is 0. The van der Waals surface area contributed by atoms with Gasteiger partial charge in [0.05, 0.1) is 18.1 Å². The predicted octanol–water partition coefficient (Wildman–Crippen LogP) is 3.11. The average Bonchev–Trinajstić information content (AvgIpc) is 3.21. The van der Waals surface area contributed by atoms with Gasteiger partial charge in [-0.15, -0.1) is 0 Å². The molecular formula is C16H22O3. The van der Waals surface area contributed by atoms with Crippen molar-refractivity contribution in [3.05, 3.63) is 35.4 Å². The van der Waals surface area contributed by atoms with Gasteiger partial charge in [0.2, 0.25) is 0 Å². The average molecular weight is 262 g/mol. The van der Waals surface area contributed by atoms with E-state index in [0.29, 0.717) is 12.7 Å². The number of ether oxygens (including phenoxy) is 2. The van der Waals surface area contributed by atoms with Gasteiger partial charge in [-0.1, -0.05) is 31.2 Å². The van der Waals surface area contributed by atoms with Crippen LogP contribution in [0, 0.1) is 5.41 Å². The highest BCUT2D eigenvalue weighted by molar-refractivity contribution is 5.75. The Morgan fingerprint density at radius 2 is 1.89 bits per heavy atom. The van der Waals surface area contributed by atoms with Crippen LogP contribution in [0.1, 0.15) is 38.3 Å². The van der Waals surface area contributed by atoms with Crippen molar-refractivity contribution in [2.45, 2.75) is 46.3 Å². The minimum Gasteiger partial charge on any atom is -0.460 e. The highest BCUT2D eigenvalue weighted by atomic mass is 16.6. The Morgan fingerprint density at radius 1 is 1.32 bits per heavy atom. The first-order valence-electron chi connectivity index (χ1n) is 6.88. The fraction of sp³-hybridized carbons (Fsp3) is 0.562. The van der Waals surface area contributed by atoms with Crippen LogP contribution in [-0.2, 0) is 27.3 Å². The molecule has 1 heterocycles. The molecule has 3 nitrogen and oxygen atoms in total. The van der Waals surface area contributed by atoms with E-state index in [4.69, 9.17) is 9.47 Å². The Bertz CT molecular complexity index is 430. The van der Waals surface area contributed by atoms with Crippen molar-refractivity contribution in [1.29, 1.82) is 0 Å². The molecule has 1 unspecified atom stereocenters. The lowest BCUT2D eigenvalue weighted by molar-refractivity contribution is -0.155. The SMILES string of the molecule is CCC(C)(C)C(=O)OCc1ccc(CC2CO2)cc1. The number of carbonyl (C=O) groups excluding carboxylic acids is 1. The number of rotatable bonds is 6. The summed E-state index contributed by atoms with van der Waals surface area (Å²) >= 11 is 0. The minimum absolute atomic E-state index is 0.134. The minimum atomic E-state index is -0.400. The number of benzene rings is 1. The summed E-state index contributed by atoms with van der Waals surface area (Å²) in [6.45, 7) is 7.05. The molecule has 0 spiro atoms. The van der Waals surface area contributed by atoms with Crippen molar-refractivity contribution in [2.75, 3.05) is 6.61 Å². The molecule has 0 saturated carbocycles. The van der Waals surface area contributed by atoms with E-state index in [1.54, 1.807) is 0 Å². The molecule has 0 bridgehead atoms. The van der Waals surface area contributed by atoms with Crippen LogP contribution in [0.4, 0.5) is 0 Å². The summed E-state index contributed by atoms with van der Waals surface area (Å²) in [6, 6.07) is 8.19. The summed E-state index contributed by atoms with van der Waals surface area (Å²) in [4.78, 5) is 11.9. The van der Waals surface area contributed by atoms with Crippen molar-refractivity contribution in [3.63, 3.8) is 0 Å². The van der Waals surface area contributed by atoms with Crippen molar-refractivity contribution < 1.29 is 14.3 Å². The highest BCUT2D eigenvalue weighted by Gasteiger charge is 2.27. The second kappa shape index (κ2) is 5.74. The lowest BCUT2D eigenvalue weighted by atomic mass is 9.91. The first-order chi connectivity index (χ1) is 9.01. The van der Waals surface area contributed by atoms with Crippen LogP contribution < -0.4 is 0 Å². The van der Waals surface area contributed by atoms with Crippen molar-refractivity contribution >= 4 is 5.97 Å². The van der Waals surface area contributed by atoms with Gasteiger partial charge in [-0.25, -0.2) is 0 Å². The van der Waals surface area contributed by atoms with E-state index in [0.717, 1.165) is 25.0 Å². The summed E-state index contributed by atoms with van der Waals surface area (Å²) in [6.07, 6.45) is 2.17. The van der Waals surface area contributed by atoms with E-state index in [9.17, 15) is 4.79 Å². The normalized spacial score (nSPS) is 18.2. The first kappa shape index (κ1) is 14.1. The molecule has 1 atom stereocenters. The molecule has 0 aromatic heterocycles. The zero-order valence-corrected chi connectivity index (χ0v) is 11.9. The fourth-order valence-corrected chi connectivity index (χ4v) is 1.71. The van der Waals surface area contributed by atoms with E-state index in [-0.39, 0.29) is 5.97 Å². The molecule has 0 radical (unpaired) electrons. The largest absolute Gasteiger partial charge is 0.460 e. The van der Waals surface area contributed by atoms with E-state index < -0.39 is 5.41 Å². The van der Waals surface area contributed by atoms with Crippen molar-refractivity contribution in [2.24, 2.45) is 5.41 Å². The highest BCUT2D eigenvalue weighted by Crippen LogP contribution is 2.22. The Morgan fingerprint density at radius 3 is 2.42 bits per heavy atom. The third-order valence-corrected chi connectivity index (χ3v) is 3.70. The Balaban J connectivity index is 1.83. The molecule has 1 fully saturated rings. The third-order valence-electron chi connectivity index (χ3n) is 3.70. The van der Waals surface area contributed by atoms with Crippen LogP contribution in [0.2, 0.25) is 0 Å². The number of hydrogen-bond donors (Lipinski definition) is 0. The van der Waals surface area contributed by atoms with Crippen LogP contribution in [-0.4, -0.2) is 18.7 Å². The molecule has 0 amide bonds. The standard InChI is InChI=1S/C16H22O3/c1-4-16(2,3)15(17)19-10-13-7-5-12(6-8-13)9-14-11-18-14/h5-8,14H,4,9-11H2,1-3H3. The van der Waals surface area contributed by atoms with E-state index >= 15 is 0 Å². The van der Waals surface area contributed by atoms with Gasteiger partial charge in [0.25, 0.3) is 0 Å². The van der Waals surface area contributed by atoms with E-state index in [1.165, 1.54) is 5.56 Å². The lowest BCUT2D eigenvalue weighted by Crippen LogP contribution is -2.25. The third kappa shape index (κ3) is 4.06. The Kier molecular flexibility index (Phi) is 4.25. The summed E-state index contributed by atoms with van der Waals surface area (Å²) in [5.74, 6) is -0.134. The van der Waals surface area contributed by atoms with E-state index in [1.807, 2.05) is 32.9 Å². The van der Waals surface area contributed by atoms with Crippen LogP contribution in [0.15, 0.2) is 24.3 Å². The summed E-state index contributed by atoms with van der Waals surface area (Å²) in [7, 11) is 0. The second-order valence-corrected chi connectivity index (χ2v) is 5.79. The monoisotopic (exact) mass is 262 g/mol. The fourth-order valence-electron chi connectivity index (χ4n) is 1.71. The van der Waals surface area contributed by atoms with Gasteiger partial charge in [0.15, 0.2) is 0 Å². The first-order valence-corrected chi connectivity index (χ1v) is 6.88. The Labute approximate surface area is 114 Å². The smallest absolute Gasteiger partial charge is 0.311 e. The van der Waals surface area contributed by atoms with E-state index in [2.05, 4.69) is 12.1 Å². The Hall–Kier alpha value is -1.35. The second-order valence-electron chi connectivity index (χ2n) is 5.79. The molecule has 0 N–H and O–H groups in total. The molecule has 2 rings (SSSR count). The van der Waals surface area contributed by atoms with Crippen LogP contribution in [0.5, 0.6) is 0 Å². The maximum absolute atomic E-state index is 11.9. The number of carbonyl (C=O) groups is 1. The number of esters is 1. The molecule has 1 aliphatic rings. The van der Waals surface area contributed by atoms with Gasteiger partial charge < -0.3 is 9.47 Å². The maximum atomic E-state index is 11.9. The van der Waals surface area contributed by atoms with Gasteiger partial charge in [-0.3, -0.25) is 4.79 Å². The predicted molar refractivity (Wildman–Crippen MR) is 73.8 cm³/mol. The van der Waals surface area contributed by atoms with Gasteiger partial charge >= 0.3 is 5.97 Å². The van der Waals surface area contributed by atoms with Crippen LogP contribution in [0.3, 0.4) is 0 Å². The number of epoxide rings is 1. The van der Waals surface area contributed by atoms with Crippen LogP contribution >= 0.6 is 0 Å². The van der Waals surface area contributed by atoms with Gasteiger partial charge in [0.1, 0.15) is 6.61 Å². The number of hydrogen-bond acceptors (Lipinski definition) is 3. The molecular weight excluding hydrogens is 240 g/mol. The molecule has 19 heavy (non-hydrogen) atoms. The molecule has 1 saturated heterocycles. The molecule has 1 aromatic carbocycles. The van der Waals surface area contributed by atoms with Gasteiger partial charge in [-0.05, 0) is 31.4 Å². The van der Waals surface area contributed by atoms with Gasteiger partial charge in [-0.2, -0.15) is 0 Å². The molecule has 0 aliphatic carbocycles. The maximum Gasteiger partial charge on any atom is 0.311 e. The molecule has 1 aliphatic heterocycles. The van der Waals surface area contributed by atoms with Gasteiger partial charge in [0, 0.05) is 6.42 Å². The van der Waals surface area contributed by atoms with Crippen molar-refractivity contribution in [3.8, 4) is 0 Å². The zero-order valence-electron chi connectivity index (χ0n) is 11.9. The summed E-state index contributed by atoms with van der Waals surface area (Å²) in [5.41, 5.74) is 1.90. The summed E-state index contributed by atoms with van der Waals surface area (Å²) < 4.78 is 10.6. The lowest BCUT2D eigenvalue weighted by Gasteiger charge is -2.20. The molecule has 1 aromatic rings. The zero-order chi connectivity index (χ0) is 13.9.